The molecule has 5 heteroatoms. The first kappa shape index (κ1) is 13.1. The van der Waals surface area contributed by atoms with Crippen molar-refractivity contribution < 1.29 is 9.90 Å². The smallest absolute Gasteiger partial charge is 0.242 e. The quantitative estimate of drug-likeness (QED) is 0.863. The van der Waals surface area contributed by atoms with Crippen molar-refractivity contribution in [2.24, 2.45) is 5.92 Å². The molecule has 0 bridgehead atoms. The number of benzene rings is 1. The SMILES string of the molecule is CC(CO)(NC(=O)Cn1ncc2ccccc21)C1CC1. The fourth-order valence-corrected chi connectivity index (χ4v) is 2.64. The second-order valence-corrected chi connectivity index (χ2v) is 5.76. The van der Waals surface area contributed by atoms with E-state index in [1.165, 1.54) is 0 Å². The first-order valence-electron chi connectivity index (χ1n) is 6.95. The predicted octanol–water partition coefficient (Wildman–Crippen LogP) is 1.31. The van der Waals surface area contributed by atoms with Gasteiger partial charge >= 0.3 is 0 Å². The van der Waals surface area contributed by atoms with Crippen molar-refractivity contribution >= 4 is 16.8 Å². The molecule has 0 saturated heterocycles. The lowest BCUT2D eigenvalue weighted by molar-refractivity contribution is -0.124. The Kier molecular flexibility index (Phi) is 3.22. The first-order valence-corrected chi connectivity index (χ1v) is 6.95. The molecule has 2 aromatic rings. The van der Waals surface area contributed by atoms with Gasteiger partial charge in [-0.2, -0.15) is 5.10 Å². The molecule has 1 unspecified atom stereocenters. The number of carbonyl (C=O) groups excluding carboxylic acids is 1. The number of para-hydroxylation sites is 1. The fourth-order valence-electron chi connectivity index (χ4n) is 2.64. The lowest BCUT2D eigenvalue weighted by atomic mass is 9.97. The second kappa shape index (κ2) is 4.90. The standard InChI is InChI=1S/C15H19N3O2/c1-15(10-19,12-6-7-12)17-14(20)9-18-13-5-3-2-4-11(13)8-16-18/h2-5,8,12,19H,6-7,9-10H2,1H3,(H,17,20). The summed E-state index contributed by atoms with van der Waals surface area (Å²) in [5.74, 6) is 0.285. The molecule has 1 aromatic heterocycles. The molecular weight excluding hydrogens is 254 g/mol. The normalized spacial score (nSPS) is 17.9. The van der Waals surface area contributed by atoms with E-state index >= 15 is 0 Å². The number of hydrogen-bond donors (Lipinski definition) is 2. The Balaban J connectivity index is 1.72. The minimum atomic E-state index is -0.500. The summed E-state index contributed by atoms with van der Waals surface area (Å²) in [4.78, 5) is 12.2. The largest absolute Gasteiger partial charge is 0.394 e. The Morgan fingerprint density at radius 2 is 2.25 bits per heavy atom. The van der Waals surface area contributed by atoms with Gasteiger partial charge in [-0.15, -0.1) is 0 Å². The Morgan fingerprint density at radius 3 is 2.95 bits per heavy atom. The van der Waals surface area contributed by atoms with Gasteiger partial charge in [0.15, 0.2) is 0 Å². The molecule has 1 fully saturated rings. The lowest BCUT2D eigenvalue weighted by Crippen LogP contribution is -2.51. The summed E-state index contributed by atoms with van der Waals surface area (Å²) >= 11 is 0. The summed E-state index contributed by atoms with van der Waals surface area (Å²) in [6, 6.07) is 7.80. The maximum atomic E-state index is 12.2. The molecule has 0 spiro atoms. The summed E-state index contributed by atoms with van der Waals surface area (Å²) in [6.45, 7) is 2.06. The van der Waals surface area contributed by atoms with E-state index in [0.29, 0.717) is 5.92 Å². The third kappa shape index (κ3) is 2.41. The van der Waals surface area contributed by atoms with Crippen LogP contribution in [0.1, 0.15) is 19.8 Å². The van der Waals surface area contributed by atoms with Crippen LogP contribution in [0.2, 0.25) is 0 Å². The molecule has 5 nitrogen and oxygen atoms in total. The molecule has 2 N–H and O–H groups in total. The van der Waals surface area contributed by atoms with E-state index < -0.39 is 5.54 Å². The van der Waals surface area contributed by atoms with Gasteiger partial charge in [-0.1, -0.05) is 18.2 Å². The molecule has 0 aliphatic heterocycles. The molecule has 1 saturated carbocycles. The lowest BCUT2D eigenvalue weighted by Gasteiger charge is -2.28. The maximum Gasteiger partial charge on any atom is 0.242 e. The van der Waals surface area contributed by atoms with Crippen molar-refractivity contribution in [3.05, 3.63) is 30.5 Å². The number of aliphatic hydroxyl groups is 1. The molecule has 1 aliphatic carbocycles. The Morgan fingerprint density at radius 1 is 1.50 bits per heavy atom. The monoisotopic (exact) mass is 273 g/mol. The van der Waals surface area contributed by atoms with Crippen LogP contribution in [-0.4, -0.2) is 32.9 Å². The predicted molar refractivity (Wildman–Crippen MR) is 76.1 cm³/mol. The van der Waals surface area contributed by atoms with Crippen LogP contribution in [0.5, 0.6) is 0 Å². The van der Waals surface area contributed by atoms with Crippen molar-refractivity contribution in [1.29, 1.82) is 0 Å². The minimum absolute atomic E-state index is 0.0245. The summed E-state index contributed by atoms with van der Waals surface area (Å²) in [5.41, 5.74) is 0.444. The summed E-state index contributed by atoms with van der Waals surface area (Å²) in [5, 5.41) is 17.7. The van der Waals surface area contributed by atoms with E-state index in [9.17, 15) is 9.90 Å². The van der Waals surface area contributed by atoms with E-state index in [0.717, 1.165) is 23.7 Å². The molecule has 1 atom stereocenters. The molecule has 3 rings (SSSR count). The highest BCUT2D eigenvalue weighted by Gasteiger charge is 2.42. The summed E-state index contributed by atoms with van der Waals surface area (Å²) in [6.07, 6.45) is 3.90. The van der Waals surface area contributed by atoms with E-state index in [-0.39, 0.29) is 19.1 Å². The van der Waals surface area contributed by atoms with Crippen molar-refractivity contribution in [3.63, 3.8) is 0 Å². The van der Waals surface area contributed by atoms with Crippen molar-refractivity contribution in [2.45, 2.75) is 31.8 Å². The van der Waals surface area contributed by atoms with Crippen molar-refractivity contribution in [1.82, 2.24) is 15.1 Å². The van der Waals surface area contributed by atoms with Crippen LogP contribution in [0.4, 0.5) is 0 Å². The second-order valence-electron chi connectivity index (χ2n) is 5.76. The summed E-state index contributed by atoms with van der Waals surface area (Å²) < 4.78 is 1.69. The average molecular weight is 273 g/mol. The minimum Gasteiger partial charge on any atom is -0.394 e. The number of aliphatic hydroxyl groups excluding tert-OH is 1. The van der Waals surface area contributed by atoms with Gasteiger partial charge in [0.25, 0.3) is 0 Å². The highest BCUT2D eigenvalue weighted by atomic mass is 16.3. The average Bonchev–Trinajstić information content (AvgIpc) is 3.23. The topological polar surface area (TPSA) is 67.2 Å². The van der Waals surface area contributed by atoms with Gasteiger partial charge in [0.2, 0.25) is 5.91 Å². The summed E-state index contributed by atoms with van der Waals surface area (Å²) in [7, 11) is 0. The van der Waals surface area contributed by atoms with Crippen molar-refractivity contribution in [2.75, 3.05) is 6.61 Å². The number of carbonyl (C=O) groups is 1. The molecule has 20 heavy (non-hydrogen) atoms. The van der Waals surface area contributed by atoms with Crippen LogP contribution in [0.15, 0.2) is 30.5 Å². The van der Waals surface area contributed by atoms with E-state index in [1.54, 1.807) is 10.9 Å². The Labute approximate surface area is 117 Å². The number of amides is 1. The number of hydrogen-bond acceptors (Lipinski definition) is 3. The molecule has 1 aliphatic rings. The number of aromatic nitrogens is 2. The number of rotatable bonds is 5. The Hall–Kier alpha value is -1.88. The van der Waals surface area contributed by atoms with Crippen LogP contribution < -0.4 is 5.32 Å². The molecule has 1 amide bonds. The van der Waals surface area contributed by atoms with Gasteiger partial charge < -0.3 is 10.4 Å². The zero-order chi connectivity index (χ0) is 14.2. The zero-order valence-corrected chi connectivity index (χ0v) is 11.5. The van der Waals surface area contributed by atoms with Gasteiger partial charge in [0.1, 0.15) is 6.54 Å². The highest BCUT2D eigenvalue weighted by Crippen LogP contribution is 2.39. The van der Waals surface area contributed by atoms with Crippen molar-refractivity contribution in [3.8, 4) is 0 Å². The zero-order valence-electron chi connectivity index (χ0n) is 11.5. The van der Waals surface area contributed by atoms with Crippen LogP contribution in [-0.2, 0) is 11.3 Å². The molecule has 1 heterocycles. The Bertz CT molecular complexity index is 633. The first-order chi connectivity index (χ1) is 9.62. The fraction of sp³-hybridized carbons (Fsp3) is 0.467. The van der Waals surface area contributed by atoms with Crippen LogP contribution in [0.3, 0.4) is 0 Å². The number of nitrogens with one attached hydrogen (secondary N) is 1. The highest BCUT2D eigenvalue weighted by molar-refractivity contribution is 5.82. The van der Waals surface area contributed by atoms with Gasteiger partial charge in [-0.3, -0.25) is 9.48 Å². The third-order valence-electron chi connectivity index (χ3n) is 4.08. The van der Waals surface area contributed by atoms with E-state index in [1.807, 2.05) is 31.2 Å². The van der Waals surface area contributed by atoms with Gasteiger partial charge in [-0.05, 0) is 31.7 Å². The molecule has 0 radical (unpaired) electrons. The molecule has 1 aromatic carbocycles. The molecule has 106 valence electrons. The number of nitrogens with zero attached hydrogens (tertiary/aromatic N) is 2. The third-order valence-corrected chi connectivity index (χ3v) is 4.08. The molecular formula is C15H19N3O2. The van der Waals surface area contributed by atoms with Crippen LogP contribution in [0, 0.1) is 5.92 Å². The van der Waals surface area contributed by atoms with E-state index in [2.05, 4.69) is 10.4 Å². The maximum absolute atomic E-state index is 12.2. The van der Waals surface area contributed by atoms with E-state index in [4.69, 9.17) is 0 Å². The van der Waals surface area contributed by atoms with Gasteiger partial charge in [-0.25, -0.2) is 0 Å². The van der Waals surface area contributed by atoms with Crippen LogP contribution >= 0.6 is 0 Å². The van der Waals surface area contributed by atoms with Crippen LogP contribution in [0.25, 0.3) is 10.9 Å². The van der Waals surface area contributed by atoms with Gasteiger partial charge in [0, 0.05) is 5.39 Å². The number of fused-ring (bicyclic) bond motifs is 1. The van der Waals surface area contributed by atoms with Gasteiger partial charge in [0.05, 0.1) is 23.9 Å².